The molecule has 0 fully saturated rings. The summed E-state index contributed by atoms with van der Waals surface area (Å²) in [4.78, 5) is 21.1. The summed E-state index contributed by atoms with van der Waals surface area (Å²) in [5.74, 6) is 0.815. The molecule has 2 N–H and O–H groups in total. The van der Waals surface area contributed by atoms with Gasteiger partial charge in [0.1, 0.15) is 23.7 Å². The van der Waals surface area contributed by atoms with Crippen LogP contribution in [-0.2, 0) is 6.54 Å². The van der Waals surface area contributed by atoms with Crippen LogP contribution >= 0.6 is 0 Å². The SMILES string of the molecule is COc1cccc(CNC(=O)c2cccc(Nc3cc(-c4ccc(F)cc4)ncn3)c2)c1. The van der Waals surface area contributed by atoms with E-state index in [0.29, 0.717) is 29.3 Å². The molecule has 0 aliphatic rings. The monoisotopic (exact) mass is 428 g/mol. The van der Waals surface area contributed by atoms with Crippen LogP contribution in [0.25, 0.3) is 11.3 Å². The summed E-state index contributed by atoms with van der Waals surface area (Å²) in [7, 11) is 1.61. The lowest BCUT2D eigenvalue weighted by molar-refractivity contribution is 0.0951. The zero-order valence-electron chi connectivity index (χ0n) is 17.4. The summed E-state index contributed by atoms with van der Waals surface area (Å²) in [6.45, 7) is 0.390. The van der Waals surface area contributed by atoms with Crippen molar-refractivity contribution in [2.45, 2.75) is 6.54 Å². The number of carbonyl (C=O) groups excluding carboxylic acids is 1. The molecule has 0 saturated carbocycles. The molecular formula is C25H21FN4O2. The Morgan fingerprint density at radius 2 is 1.78 bits per heavy atom. The Kier molecular flexibility index (Phi) is 6.36. The van der Waals surface area contributed by atoms with E-state index in [1.807, 2.05) is 30.3 Å². The fraction of sp³-hybridized carbons (Fsp3) is 0.0800. The van der Waals surface area contributed by atoms with E-state index in [2.05, 4.69) is 20.6 Å². The maximum Gasteiger partial charge on any atom is 0.251 e. The summed E-state index contributed by atoms with van der Waals surface area (Å²) < 4.78 is 18.4. The van der Waals surface area contributed by atoms with E-state index < -0.39 is 0 Å². The van der Waals surface area contributed by atoms with Crippen LogP contribution in [0.5, 0.6) is 5.75 Å². The second kappa shape index (κ2) is 9.70. The average Bonchev–Trinajstić information content (AvgIpc) is 2.83. The van der Waals surface area contributed by atoms with E-state index in [4.69, 9.17) is 4.74 Å². The van der Waals surface area contributed by atoms with E-state index in [1.54, 1.807) is 43.5 Å². The van der Waals surface area contributed by atoms with Crippen molar-refractivity contribution in [1.82, 2.24) is 15.3 Å². The lowest BCUT2D eigenvalue weighted by Crippen LogP contribution is -2.22. The van der Waals surface area contributed by atoms with E-state index in [1.165, 1.54) is 18.5 Å². The van der Waals surface area contributed by atoms with Gasteiger partial charge < -0.3 is 15.4 Å². The molecule has 4 rings (SSSR count). The number of hydrogen-bond acceptors (Lipinski definition) is 5. The second-order valence-electron chi connectivity index (χ2n) is 7.04. The summed E-state index contributed by atoms with van der Waals surface area (Å²) in [6, 6.07) is 22.5. The normalized spacial score (nSPS) is 10.4. The van der Waals surface area contributed by atoms with Crippen molar-refractivity contribution in [2.24, 2.45) is 0 Å². The molecule has 0 atom stereocenters. The molecule has 4 aromatic rings. The molecular weight excluding hydrogens is 407 g/mol. The Bertz CT molecular complexity index is 1230. The molecule has 1 amide bonds. The third kappa shape index (κ3) is 5.26. The number of methoxy groups -OCH3 is 1. The summed E-state index contributed by atoms with van der Waals surface area (Å²) in [5.41, 5.74) is 3.62. The quantitative estimate of drug-likeness (QED) is 0.435. The molecule has 0 aliphatic carbocycles. The highest BCUT2D eigenvalue weighted by molar-refractivity contribution is 5.95. The van der Waals surface area contributed by atoms with Crippen LogP contribution in [-0.4, -0.2) is 23.0 Å². The van der Waals surface area contributed by atoms with E-state index in [0.717, 1.165) is 16.9 Å². The van der Waals surface area contributed by atoms with Crippen LogP contribution < -0.4 is 15.4 Å². The van der Waals surface area contributed by atoms with Crippen molar-refractivity contribution in [3.63, 3.8) is 0 Å². The van der Waals surface area contributed by atoms with Crippen molar-refractivity contribution < 1.29 is 13.9 Å². The van der Waals surface area contributed by atoms with Crippen LogP contribution in [0, 0.1) is 5.82 Å². The fourth-order valence-electron chi connectivity index (χ4n) is 3.16. The molecule has 7 heteroatoms. The van der Waals surface area contributed by atoms with Crippen LogP contribution in [0.3, 0.4) is 0 Å². The molecule has 0 unspecified atom stereocenters. The number of carbonyl (C=O) groups is 1. The van der Waals surface area contributed by atoms with Gasteiger partial charge in [-0.2, -0.15) is 0 Å². The number of amides is 1. The van der Waals surface area contributed by atoms with E-state index >= 15 is 0 Å². The van der Waals surface area contributed by atoms with Crippen molar-refractivity contribution in [1.29, 1.82) is 0 Å². The van der Waals surface area contributed by atoms with Crippen LogP contribution in [0.15, 0.2) is 85.2 Å². The summed E-state index contributed by atoms with van der Waals surface area (Å²) in [5, 5.41) is 6.10. The topological polar surface area (TPSA) is 76.1 Å². The third-order valence-corrected chi connectivity index (χ3v) is 4.79. The lowest BCUT2D eigenvalue weighted by Gasteiger charge is -2.10. The Balaban J connectivity index is 1.44. The zero-order chi connectivity index (χ0) is 22.3. The standard InChI is InChI=1S/C25H21FN4O2/c1-32-22-7-2-4-17(12-22)15-27-25(31)19-5-3-6-21(13-19)30-24-14-23(28-16-29-24)18-8-10-20(26)11-9-18/h2-14,16H,15H2,1H3,(H,27,31)(H,28,29,30). The molecule has 0 spiro atoms. The maximum absolute atomic E-state index is 13.2. The number of rotatable bonds is 7. The fourth-order valence-corrected chi connectivity index (χ4v) is 3.16. The lowest BCUT2D eigenvalue weighted by atomic mass is 10.1. The Labute approximate surface area is 185 Å². The zero-order valence-corrected chi connectivity index (χ0v) is 17.4. The Hall–Kier alpha value is -4.26. The first-order valence-corrected chi connectivity index (χ1v) is 9.97. The predicted molar refractivity (Wildman–Crippen MR) is 121 cm³/mol. The first-order chi connectivity index (χ1) is 15.6. The van der Waals surface area contributed by atoms with Crippen molar-refractivity contribution in [2.75, 3.05) is 12.4 Å². The maximum atomic E-state index is 13.2. The molecule has 0 aliphatic heterocycles. The minimum absolute atomic E-state index is 0.189. The van der Waals surface area contributed by atoms with Gasteiger partial charge in [-0.1, -0.05) is 18.2 Å². The van der Waals surface area contributed by atoms with Gasteiger partial charge in [-0.3, -0.25) is 4.79 Å². The minimum Gasteiger partial charge on any atom is -0.497 e. The van der Waals surface area contributed by atoms with Gasteiger partial charge in [0.05, 0.1) is 12.8 Å². The number of benzene rings is 3. The molecule has 0 radical (unpaired) electrons. The van der Waals surface area contributed by atoms with Gasteiger partial charge in [-0.25, -0.2) is 14.4 Å². The highest BCUT2D eigenvalue weighted by Crippen LogP contribution is 2.22. The Morgan fingerprint density at radius 3 is 2.59 bits per heavy atom. The number of nitrogens with one attached hydrogen (secondary N) is 2. The first-order valence-electron chi connectivity index (χ1n) is 9.97. The number of halogens is 1. The number of ether oxygens (including phenoxy) is 1. The molecule has 32 heavy (non-hydrogen) atoms. The average molecular weight is 428 g/mol. The predicted octanol–water partition coefficient (Wildman–Crippen LogP) is 4.96. The van der Waals surface area contributed by atoms with Crippen LogP contribution in [0.2, 0.25) is 0 Å². The van der Waals surface area contributed by atoms with Crippen molar-refractivity contribution in [3.05, 3.63) is 102 Å². The van der Waals surface area contributed by atoms with E-state index in [9.17, 15) is 9.18 Å². The van der Waals surface area contributed by atoms with Crippen molar-refractivity contribution >= 4 is 17.4 Å². The molecule has 1 heterocycles. The van der Waals surface area contributed by atoms with Gasteiger partial charge in [-0.05, 0) is 60.2 Å². The summed E-state index contributed by atoms with van der Waals surface area (Å²) >= 11 is 0. The largest absolute Gasteiger partial charge is 0.497 e. The molecule has 1 aromatic heterocycles. The number of aromatic nitrogens is 2. The van der Waals surface area contributed by atoms with E-state index in [-0.39, 0.29) is 11.7 Å². The molecule has 0 bridgehead atoms. The number of hydrogen-bond donors (Lipinski definition) is 2. The van der Waals surface area contributed by atoms with Gasteiger partial charge in [0, 0.05) is 29.4 Å². The van der Waals surface area contributed by atoms with Gasteiger partial charge in [0.2, 0.25) is 0 Å². The minimum atomic E-state index is -0.303. The number of nitrogens with zero attached hydrogens (tertiary/aromatic N) is 2. The highest BCUT2D eigenvalue weighted by atomic mass is 19.1. The van der Waals surface area contributed by atoms with Gasteiger partial charge in [0.15, 0.2) is 0 Å². The molecule has 6 nitrogen and oxygen atoms in total. The van der Waals surface area contributed by atoms with Gasteiger partial charge >= 0.3 is 0 Å². The van der Waals surface area contributed by atoms with Crippen LogP contribution in [0.1, 0.15) is 15.9 Å². The van der Waals surface area contributed by atoms with Gasteiger partial charge in [0.25, 0.3) is 5.91 Å². The van der Waals surface area contributed by atoms with Gasteiger partial charge in [-0.15, -0.1) is 0 Å². The first kappa shape index (κ1) is 21.0. The smallest absolute Gasteiger partial charge is 0.251 e. The molecule has 0 saturated heterocycles. The second-order valence-corrected chi connectivity index (χ2v) is 7.04. The summed E-state index contributed by atoms with van der Waals surface area (Å²) in [6.07, 6.45) is 1.44. The highest BCUT2D eigenvalue weighted by Gasteiger charge is 2.08. The van der Waals surface area contributed by atoms with Crippen LogP contribution in [0.4, 0.5) is 15.9 Å². The Morgan fingerprint density at radius 1 is 0.969 bits per heavy atom. The molecule has 3 aromatic carbocycles. The number of anilines is 2. The van der Waals surface area contributed by atoms with Crippen molar-refractivity contribution in [3.8, 4) is 17.0 Å². The third-order valence-electron chi connectivity index (χ3n) is 4.79. The molecule has 160 valence electrons.